The van der Waals surface area contributed by atoms with Gasteiger partial charge in [-0.2, -0.15) is 0 Å². The molecule has 0 aliphatic heterocycles. The van der Waals surface area contributed by atoms with Crippen LogP contribution in [0.2, 0.25) is 0 Å². The van der Waals surface area contributed by atoms with Gasteiger partial charge in [-0.3, -0.25) is 13.9 Å². The highest BCUT2D eigenvalue weighted by molar-refractivity contribution is 9.10. The van der Waals surface area contributed by atoms with Crippen molar-refractivity contribution in [1.29, 1.82) is 0 Å². The molecule has 1 atom stereocenters. The molecule has 0 unspecified atom stereocenters. The highest BCUT2D eigenvalue weighted by atomic mass is 79.9. The van der Waals surface area contributed by atoms with E-state index in [-0.39, 0.29) is 23.9 Å². The normalized spacial score (nSPS) is 23.8. The lowest BCUT2D eigenvalue weighted by Gasteiger charge is -2.57. The summed E-state index contributed by atoms with van der Waals surface area (Å²) in [7, 11) is -3.83. The molecule has 1 N–H and O–H groups in total. The van der Waals surface area contributed by atoms with Crippen LogP contribution in [0.3, 0.4) is 0 Å². The van der Waals surface area contributed by atoms with E-state index >= 15 is 0 Å². The van der Waals surface area contributed by atoms with Crippen molar-refractivity contribution >= 4 is 43.5 Å². The van der Waals surface area contributed by atoms with Crippen molar-refractivity contribution in [3.8, 4) is 0 Å². The van der Waals surface area contributed by atoms with Crippen LogP contribution in [0.1, 0.15) is 69.1 Å². The molecule has 7 nitrogen and oxygen atoms in total. The van der Waals surface area contributed by atoms with Gasteiger partial charge < -0.3 is 10.2 Å². The number of hydrogen-bond acceptors (Lipinski definition) is 4. The summed E-state index contributed by atoms with van der Waals surface area (Å²) in [6.07, 6.45) is 9.17. The monoisotopic (exact) mass is 719 g/mol. The van der Waals surface area contributed by atoms with Crippen LogP contribution in [0.4, 0.5) is 5.69 Å². The van der Waals surface area contributed by atoms with Crippen LogP contribution in [0, 0.1) is 17.8 Å². The predicted octanol–water partition coefficient (Wildman–Crippen LogP) is 6.85. The zero-order chi connectivity index (χ0) is 33.3. The Balaban J connectivity index is 1.30. The molecule has 4 saturated carbocycles. The van der Waals surface area contributed by atoms with E-state index in [4.69, 9.17) is 0 Å². The molecule has 4 aliphatic carbocycles. The van der Waals surface area contributed by atoms with Crippen molar-refractivity contribution < 1.29 is 18.0 Å². The summed E-state index contributed by atoms with van der Waals surface area (Å²) in [5.41, 5.74) is 3.69. The van der Waals surface area contributed by atoms with Gasteiger partial charge in [0, 0.05) is 23.5 Å². The minimum atomic E-state index is -3.83. The van der Waals surface area contributed by atoms with Crippen molar-refractivity contribution in [3.05, 3.63) is 100 Å². The number of sulfonamides is 1. The Morgan fingerprint density at radius 2 is 1.43 bits per heavy atom. The van der Waals surface area contributed by atoms with Gasteiger partial charge in [-0.15, -0.1) is 0 Å². The fraction of sp³-hybridized carbons (Fsp3) is 0.474. The second kappa shape index (κ2) is 13.7. The highest BCUT2D eigenvalue weighted by Gasteiger charge is 2.51. The largest absolute Gasteiger partial charge is 0.352 e. The summed E-state index contributed by atoms with van der Waals surface area (Å²) >= 11 is 3.48. The van der Waals surface area contributed by atoms with Crippen LogP contribution in [-0.4, -0.2) is 50.0 Å². The average Bonchev–Trinajstić information content (AvgIpc) is 3.01. The van der Waals surface area contributed by atoms with Gasteiger partial charge >= 0.3 is 0 Å². The third-order valence-electron chi connectivity index (χ3n) is 10.5. The van der Waals surface area contributed by atoms with Crippen molar-refractivity contribution in [1.82, 2.24) is 10.2 Å². The molecule has 0 radical (unpaired) electrons. The minimum Gasteiger partial charge on any atom is -0.352 e. The van der Waals surface area contributed by atoms with E-state index in [1.54, 1.807) is 0 Å². The predicted molar refractivity (Wildman–Crippen MR) is 190 cm³/mol. The van der Waals surface area contributed by atoms with Crippen LogP contribution in [0.15, 0.2) is 83.3 Å². The summed E-state index contributed by atoms with van der Waals surface area (Å²) in [6, 6.07) is 24.1. The van der Waals surface area contributed by atoms with Crippen LogP contribution in [0.25, 0.3) is 0 Å². The fourth-order valence-electron chi connectivity index (χ4n) is 8.78. The van der Waals surface area contributed by atoms with Gasteiger partial charge in [0.1, 0.15) is 12.6 Å². The van der Waals surface area contributed by atoms with Gasteiger partial charge in [-0.1, -0.05) is 70.5 Å². The van der Waals surface area contributed by atoms with E-state index in [1.165, 1.54) is 53.3 Å². The van der Waals surface area contributed by atoms with Gasteiger partial charge in [-0.05, 0) is 116 Å². The molecular formula is C38H46BrN3O4S. The van der Waals surface area contributed by atoms with Crippen LogP contribution < -0.4 is 9.62 Å². The number of carbonyl (C=O) groups excluding carboxylic acids is 2. The Bertz CT molecular complexity index is 1640. The molecule has 0 heterocycles. The SMILES string of the molecule is CC(C)NC(=O)[C@@H](Cc1ccccc1)N(Cc1ccc(Br)cc1)C(=O)CN(c1ccc(C23CC4CC(CC(C4)C2)C3)cc1)S(C)(=O)=O. The summed E-state index contributed by atoms with van der Waals surface area (Å²) < 4.78 is 28.7. The molecule has 3 aromatic rings. The molecule has 0 saturated heterocycles. The number of benzene rings is 3. The molecule has 4 aliphatic rings. The number of amides is 2. The molecule has 4 fully saturated rings. The third-order valence-corrected chi connectivity index (χ3v) is 12.1. The van der Waals surface area contributed by atoms with Crippen molar-refractivity contribution in [2.24, 2.45) is 17.8 Å². The number of nitrogens with one attached hydrogen (secondary N) is 1. The Hall–Kier alpha value is -3.17. The Labute approximate surface area is 288 Å². The fourth-order valence-corrected chi connectivity index (χ4v) is 9.89. The minimum absolute atomic E-state index is 0.134. The molecule has 2 amide bonds. The Morgan fingerprint density at radius 1 is 0.851 bits per heavy atom. The summed E-state index contributed by atoms with van der Waals surface area (Å²) in [6.45, 7) is 3.51. The Morgan fingerprint density at radius 3 is 1.96 bits per heavy atom. The van der Waals surface area contributed by atoms with Crippen molar-refractivity contribution in [2.45, 2.75) is 82.8 Å². The maximum absolute atomic E-state index is 14.4. The molecule has 0 spiro atoms. The first-order valence-corrected chi connectivity index (χ1v) is 19.5. The molecule has 47 heavy (non-hydrogen) atoms. The second-order valence-corrected chi connectivity index (χ2v) is 17.4. The van der Waals surface area contributed by atoms with Gasteiger partial charge in [0.15, 0.2) is 0 Å². The molecule has 7 rings (SSSR count). The summed E-state index contributed by atoms with van der Waals surface area (Å²) in [4.78, 5) is 29.7. The second-order valence-electron chi connectivity index (χ2n) is 14.5. The third kappa shape index (κ3) is 7.78. The standard InChI is InChI=1S/C38H46BrN3O4S/c1-26(2)40-37(44)35(20-27-7-5-4-6-8-27)41(24-28-9-13-33(39)14-10-28)36(43)25-42(47(3,45)46)34-15-11-32(12-16-34)38-21-29-17-30(22-38)19-31(18-29)23-38/h4-16,26,29-31,35H,17-25H2,1-3H3,(H,40,44)/t29?,30?,31?,35-,38?/m1/s1. The topological polar surface area (TPSA) is 86.8 Å². The van der Waals surface area contributed by atoms with Crippen molar-refractivity contribution in [3.63, 3.8) is 0 Å². The molecular weight excluding hydrogens is 674 g/mol. The molecule has 9 heteroatoms. The van der Waals surface area contributed by atoms with Gasteiger partial charge in [0.25, 0.3) is 0 Å². The summed E-state index contributed by atoms with van der Waals surface area (Å²) in [5, 5.41) is 3.00. The Kier molecular flexibility index (Phi) is 9.86. The first-order valence-electron chi connectivity index (χ1n) is 16.8. The van der Waals surface area contributed by atoms with E-state index in [9.17, 15) is 18.0 Å². The first kappa shape index (κ1) is 33.7. The lowest BCUT2D eigenvalue weighted by molar-refractivity contribution is -0.140. The maximum atomic E-state index is 14.4. The zero-order valence-electron chi connectivity index (χ0n) is 27.6. The number of nitrogens with zero attached hydrogens (tertiary/aromatic N) is 2. The quantitative estimate of drug-likeness (QED) is 0.222. The number of carbonyl (C=O) groups is 2. The number of hydrogen-bond donors (Lipinski definition) is 1. The van der Waals surface area contributed by atoms with E-state index < -0.39 is 28.5 Å². The van der Waals surface area contributed by atoms with Crippen LogP contribution in [0.5, 0.6) is 0 Å². The van der Waals surface area contributed by atoms with Gasteiger partial charge in [0.2, 0.25) is 21.8 Å². The highest BCUT2D eigenvalue weighted by Crippen LogP contribution is 2.60. The zero-order valence-corrected chi connectivity index (χ0v) is 30.0. The van der Waals surface area contributed by atoms with E-state index in [2.05, 4.69) is 33.4 Å². The van der Waals surface area contributed by atoms with E-state index in [0.717, 1.165) is 39.6 Å². The number of anilines is 1. The lowest BCUT2D eigenvalue weighted by Crippen LogP contribution is -2.54. The number of halogens is 1. The molecule has 0 aromatic heterocycles. The van der Waals surface area contributed by atoms with Crippen molar-refractivity contribution in [2.75, 3.05) is 17.1 Å². The van der Waals surface area contributed by atoms with Gasteiger partial charge in [-0.25, -0.2) is 8.42 Å². The van der Waals surface area contributed by atoms with E-state index in [0.29, 0.717) is 12.1 Å². The van der Waals surface area contributed by atoms with E-state index in [1.807, 2.05) is 80.6 Å². The first-order chi connectivity index (χ1) is 22.4. The molecule has 4 bridgehead atoms. The lowest BCUT2D eigenvalue weighted by atomic mass is 9.48. The maximum Gasteiger partial charge on any atom is 0.244 e. The van der Waals surface area contributed by atoms with Crippen LogP contribution in [-0.2, 0) is 38.0 Å². The average molecular weight is 721 g/mol. The molecule has 250 valence electrons. The smallest absolute Gasteiger partial charge is 0.244 e. The molecule has 3 aromatic carbocycles. The number of rotatable bonds is 12. The van der Waals surface area contributed by atoms with Crippen LogP contribution >= 0.6 is 15.9 Å². The van der Waals surface area contributed by atoms with Gasteiger partial charge in [0.05, 0.1) is 11.9 Å². The summed E-state index contributed by atoms with van der Waals surface area (Å²) in [5.74, 6) is 1.70.